The minimum atomic E-state index is -0.249. The van der Waals surface area contributed by atoms with Gasteiger partial charge in [-0.2, -0.15) is 0 Å². The molecule has 102 valence electrons. The smallest absolute Gasteiger partial charge is 0.131 e. The van der Waals surface area contributed by atoms with E-state index in [2.05, 4.69) is 44.5 Å². The summed E-state index contributed by atoms with van der Waals surface area (Å²) in [5, 5.41) is 0. The second-order valence-corrected chi connectivity index (χ2v) is 5.41. The van der Waals surface area contributed by atoms with Crippen LogP contribution in [0.5, 0.6) is 0 Å². The number of hydrogen-bond donors (Lipinski definition) is 2. The van der Waals surface area contributed by atoms with Crippen molar-refractivity contribution in [3.63, 3.8) is 0 Å². The molecule has 0 bridgehead atoms. The Morgan fingerprint density at radius 3 is 2.95 bits per heavy atom. The van der Waals surface area contributed by atoms with E-state index in [1.165, 1.54) is 12.1 Å². The summed E-state index contributed by atoms with van der Waals surface area (Å²) in [5.41, 5.74) is 3.69. The highest BCUT2D eigenvalue weighted by atomic mass is 127. The maximum atomic E-state index is 13.2. The SMILES string of the molecule is CCCn1ccnc1C(NN)c1ccc(F)cc1I. The Balaban J connectivity index is 2.41. The number of benzene rings is 1. The first-order valence-corrected chi connectivity index (χ1v) is 7.17. The number of nitrogens with two attached hydrogens (primary N) is 1. The molecule has 3 N–H and O–H groups in total. The molecule has 1 aromatic heterocycles. The minimum Gasteiger partial charge on any atom is -0.333 e. The Morgan fingerprint density at radius 2 is 2.32 bits per heavy atom. The summed E-state index contributed by atoms with van der Waals surface area (Å²) in [6.07, 6.45) is 4.70. The number of aryl methyl sites for hydroxylation is 1. The van der Waals surface area contributed by atoms with Crippen molar-refractivity contribution in [2.45, 2.75) is 25.9 Å². The molecule has 1 unspecified atom stereocenters. The number of hydrazine groups is 1. The molecule has 1 aromatic carbocycles. The van der Waals surface area contributed by atoms with E-state index in [9.17, 15) is 4.39 Å². The van der Waals surface area contributed by atoms with Crippen molar-refractivity contribution in [1.29, 1.82) is 0 Å². The molecule has 0 amide bonds. The fraction of sp³-hybridized carbons (Fsp3) is 0.308. The Morgan fingerprint density at radius 1 is 1.53 bits per heavy atom. The molecule has 0 aliphatic rings. The van der Waals surface area contributed by atoms with E-state index in [0.29, 0.717) is 0 Å². The van der Waals surface area contributed by atoms with Crippen molar-refractivity contribution in [2.24, 2.45) is 5.84 Å². The number of halogens is 2. The van der Waals surface area contributed by atoms with Gasteiger partial charge in [0.15, 0.2) is 0 Å². The van der Waals surface area contributed by atoms with Crippen molar-refractivity contribution in [3.05, 3.63) is 51.4 Å². The molecule has 2 aromatic rings. The van der Waals surface area contributed by atoms with Crippen LogP contribution < -0.4 is 11.3 Å². The minimum absolute atomic E-state index is 0.242. The Kier molecular flexibility index (Phi) is 4.89. The second kappa shape index (κ2) is 6.44. The van der Waals surface area contributed by atoms with Gasteiger partial charge in [-0.25, -0.2) is 14.8 Å². The molecule has 0 aliphatic carbocycles. The molecule has 19 heavy (non-hydrogen) atoms. The number of rotatable bonds is 5. The molecule has 0 saturated heterocycles. The molecule has 1 heterocycles. The molecule has 0 saturated carbocycles. The molecule has 1 atom stereocenters. The fourth-order valence-electron chi connectivity index (χ4n) is 2.05. The first kappa shape index (κ1) is 14.4. The van der Waals surface area contributed by atoms with E-state index >= 15 is 0 Å². The summed E-state index contributed by atoms with van der Waals surface area (Å²) < 4.78 is 16.1. The summed E-state index contributed by atoms with van der Waals surface area (Å²) in [4.78, 5) is 4.37. The van der Waals surface area contributed by atoms with E-state index in [1.54, 1.807) is 12.3 Å². The lowest BCUT2D eigenvalue weighted by atomic mass is 10.1. The lowest BCUT2D eigenvalue weighted by molar-refractivity contribution is 0.542. The van der Waals surface area contributed by atoms with Gasteiger partial charge >= 0.3 is 0 Å². The second-order valence-electron chi connectivity index (χ2n) is 4.24. The third-order valence-electron chi connectivity index (χ3n) is 2.91. The third-order valence-corrected chi connectivity index (χ3v) is 3.84. The van der Waals surface area contributed by atoms with E-state index in [1.807, 2.05) is 6.20 Å². The molecule has 0 radical (unpaired) electrons. The first-order chi connectivity index (χ1) is 9.17. The van der Waals surface area contributed by atoms with E-state index in [0.717, 1.165) is 27.9 Å². The zero-order valence-corrected chi connectivity index (χ0v) is 12.8. The van der Waals surface area contributed by atoms with Gasteiger partial charge in [0.1, 0.15) is 17.7 Å². The summed E-state index contributed by atoms with van der Waals surface area (Å²) >= 11 is 2.11. The van der Waals surface area contributed by atoms with Crippen LogP contribution in [0.4, 0.5) is 4.39 Å². The monoisotopic (exact) mass is 374 g/mol. The molecule has 4 nitrogen and oxygen atoms in total. The predicted molar refractivity (Wildman–Crippen MR) is 80.8 cm³/mol. The van der Waals surface area contributed by atoms with Gasteiger partial charge in [0, 0.05) is 22.5 Å². The zero-order valence-electron chi connectivity index (χ0n) is 10.6. The van der Waals surface area contributed by atoms with Crippen molar-refractivity contribution >= 4 is 22.6 Å². The maximum absolute atomic E-state index is 13.2. The maximum Gasteiger partial charge on any atom is 0.131 e. The van der Waals surface area contributed by atoms with Crippen molar-refractivity contribution in [2.75, 3.05) is 0 Å². The van der Waals surface area contributed by atoms with Crippen molar-refractivity contribution < 1.29 is 4.39 Å². The average molecular weight is 374 g/mol. The van der Waals surface area contributed by atoms with Crippen LogP contribution in [0, 0.1) is 9.39 Å². The number of aromatic nitrogens is 2. The van der Waals surface area contributed by atoms with Crippen LogP contribution in [0.1, 0.15) is 30.8 Å². The van der Waals surface area contributed by atoms with Crippen LogP contribution in [-0.2, 0) is 6.54 Å². The van der Waals surface area contributed by atoms with Crippen LogP contribution in [0.15, 0.2) is 30.6 Å². The highest BCUT2D eigenvalue weighted by Crippen LogP contribution is 2.25. The normalized spacial score (nSPS) is 12.6. The number of nitrogens with one attached hydrogen (secondary N) is 1. The molecule has 2 rings (SSSR count). The summed E-state index contributed by atoms with van der Waals surface area (Å²) in [6, 6.07) is 4.43. The first-order valence-electron chi connectivity index (χ1n) is 6.09. The van der Waals surface area contributed by atoms with Gasteiger partial charge in [0.2, 0.25) is 0 Å². The van der Waals surface area contributed by atoms with Crippen LogP contribution >= 0.6 is 22.6 Å². The van der Waals surface area contributed by atoms with E-state index < -0.39 is 0 Å². The van der Waals surface area contributed by atoms with Gasteiger partial charge in [-0.1, -0.05) is 13.0 Å². The Labute approximate surface area is 125 Å². The Hall–Kier alpha value is -0.990. The molecular formula is C13H16FIN4. The highest BCUT2D eigenvalue weighted by Gasteiger charge is 2.20. The molecule has 0 aliphatic heterocycles. The topological polar surface area (TPSA) is 55.9 Å². The van der Waals surface area contributed by atoms with Crippen LogP contribution in [0.3, 0.4) is 0 Å². The fourth-order valence-corrected chi connectivity index (χ4v) is 2.84. The lowest BCUT2D eigenvalue weighted by Crippen LogP contribution is -2.31. The molecule has 6 heteroatoms. The summed E-state index contributed by atoms with van der Waals surface area (Å²) in [5.74, 6) is 6.26. The number of nitrogens with zero attached hydrogens (tertiary/aromatic N) is 2. The quantitative estimate of drug-likeness (QED) is 0.481. The zero-order chi connectivity index (χ0) is 13.8. The summed E-state index contributed by atoms with van der Waals surface area (Å²) in [7, 11) is 0. The summed E-state index contributed by atoms with van der Waals surface area (Å²) in [6.45, 7) is 2.99. The average Bonchev–Trinajstić information content (AvgIpc) is 2.82. The Bertz CT molecular complexity index is 555. The van der Waals surface area contributed by atoms with Crippen LogP contribution in [0.2, 0.25) is 0 Å². The molecule has 0 fully saturated rings. The molecular weight excluding hydrogens is 358 g/mol. The van der Waals surface area contributed by atoms with Crippen molar-refractivity contribution in [3.8, 4) is 0 Å². The van der Waals surface area contributed by atoms with Gasteiger partial charge in [-0.15, -0.1) is 0 Å². The van der Waals surface area contributed by atoms with Gasteiger partial charge in [0.25, 0.3) is 0 Å². The predicted octanol–water partition coefficient (Wildman–Crippen LogP) is 2.59. The standard InChI is InChI=1S/C13H16FIN4/c1-2-6-19-7-5-17-13(19)12(18-16)10-4-3-9(14)8-11(10)15/h3-5,7-8,12,18H,2,6,16H2,1H3. The molecule has 0 spiro atoms. The van der Waals surface area contributed by atoms with Crippen molar-refractivity contribution in [1.82, 2.24) is 15.0 Å². The third kappa shape index (κ3) is 3.13. The van der Waals surface area contributed by atoms with E-state index in [-0.39, 0.29) is 11.9 Å². The number of hydrogen-bond acceptors (Lipinski definition) is 3. The van der Waals surface area contributed by atoms with Gasteiger partial charge < -0.3 is 4.57 Å². The van der Waals surface area contributed by atoms with Crippen LogP contribution in [-0.4, -0.2) is 9.55 Å². The van der Waals surface area contributed by atoms with Gasteiger partial charge in [0.05, 0.1) is 0 Å². The van der Waals surface area contributed by atoms with E-state index in [4.69, 9.17) is 5.84 Å². The lowest BCUT2D eigenvalue weighted by Gasteiger charge is -2.19. The largest absolute Gasteiger partial charge is 0.333 e. The van der Waals surface area contributed by atoms with Crippen LogP contribution in [0.25, 0.3) is 0 Å². The van der Waals surface area contributed by atoms with Gasteiger partial charge in [-0.3, -0.25) is 5.84 Å². The highest BCUT2D eigenvalue weighted by molar-refractivity contribution is 14.1. The van der Waals surface area contributed by atoms with Gasteiger partial charge in [-0.05, 0) is 46.7 Å². The number of imidazole rings is 1.